The first-order valence-electron chi connectivity index (χ1n) is 9.55. The van der Waals surface area contributed by atoms with Gasteiger partial charge in [0.25, 0.3) is 5.91 Å². The Morgan fingerprint density at radius 1 is 1.00 bits per heavy atom. The van der Waals surface area contributed by atoms with Crippen molar-refractivity contribution in [1.82, 2.24) is 24.6 Å². The third kappa shape index (κ3) is 4.11. The first-order chi connectivity index (χ1) is 14.1. The molecule has 4 aromatic rings. The Bertz CT molecular complexity index is 1100. The normalized spacial score (nSPS) is 10.8. The molecule has 0 aliphatic carbocycles. The van der Waals surface area contributed by atoms with Gasteiger partial charge in [-0.2, -0.15) is 5.10 Å². The van der Waals surface area contributed by atoms with Crippen LogP contribution in [0.5, 0.6) is 0 Å². The standard InChI is InChI=1S/C23H23N5O/c1-17-22(18(2)28(26-17)21-6-4-3-5-7-21)23(29)25-14-19-8-10-20(11-9-19)15-27-13-12-24-16-27/h3-13,16H,14-15H2,1-2H3,(H,25,29). The number of carbonyl (C=O) groups excluding carboxylic acids is 1. The molecular formula is C23H23N5O. The predicted octanol–water partition coefficient (Wildman–Crippen LogP) is 3.66. The highest BCUT2D eigenvalue weighted by Crippen LogP contribution is 2.18. The number of hydrogen-bond donors (Lipinski definition) is 1. The van der Waals surface area contributed by atoms with E-state index in [4.69, 9.17) is 0 Å². The fourth-order valence-corrected chi connectivity index (χ4v) is 3.42. The van der Waals surface area contributed by atoms with Crippen LogP contribution in [0.25, 0.3) is 5.69 Å². The smallest absolute Gasteiger partial charge is 0.255 e. The zero-order valence-electron chi connectivity index (χ0n) is 16.5. The van der Waals surface area contributed by atoms with Gasteiger partial charge >= 0.3 is 0 Å². The Balaban J connectivity index is 1.43. The number of amides is 1. The van der Waals surface area contributed by atoms with Crippen molar-refractivity contribution >= 4 is 5.91 Å². The van der Waals surface area contributed by atoms with Crippen LogP contribution in [0.2, 0.25) is 0 Å². The van der Waals surface area contributed by atoms with E-state index in [2.05, 4.69) is 27.5 Å². The average Bonchev–Trinajstić information content (AvgIpc) is 3.35. The van der Waals surface area contributed by atoms with Crippen LogP contribution in [0, 0.1) is 13.8 Å². The van der Waals surface area contributed by atoms with Gasteiger partial charge in [0.2, 0.25) is 0 Å². The van der Waals surface area contributed by atoms with Crippen molar-refractivity contribution in [2.24, 2.45) is 0 Å². The number of nitrogens with one attached hydrogen (secondary N) is 1. The van der Waals surface area contributed by atoms with E-state index in [1.165, 1.54) is 5.56 Å². The molecule has 0 spiro atoms. The minimum atomic E-state index is -0.107. The third-order valence-electron chi connectivity index (χ3n) is 4.92. The van der Waals surface area contributed by atoms with Crippen molar-refractivity contribution in [3.8, 4) is 5.69 Å². The molecule has 6 heteroatoms. The minimum absolute atomic E-state index is 0.107. The number of nitrogens with zero attached hydrogens (tertiary/aromatic N) is 4. The maximum atomic E-state index is 12.8. The molecule has 1 amide bonds. The fraction of sp³-hybridized carbons (Fsp3) is 0.174. The molecule has 0 unspecified atom stereocenters. The van der Waals surface area contributed by atoms with Crippen LogP contribution in [-0.2, 0) is 13.1 Å². The second kappa shape index (κ2) is 8.14. The maximum absolute atomic E-state index is 12.8. The highest BCUT2D eigenvalue weighted by atomic mass is 16.1. The summed E-state index contributed by atoms with van der Waals surface area (Å²) in [5, 5.41) is 7.57. The summed E-state index contributed by atoms with van der Waals surface area (Å²) in [5.41, 5.74) is 5.38. The lowest BCUT2D eigenvalue weighted by atomic mass is 10.1. The zero-order valence-corrected chi connectivity index (χ0v) is 16.5. The largest absolute Gasteiger partial charge is 0.348 e. The molecule has 0 aliphatic heterocycles. The molecule has 2 aromatic carbocycles. The van der Waals surface area contributed by atoms with Gasteiger partial charge in [-0.25, -0.2) is 9.67 Å². The fourth-order valence-electron chi connectivity index (χ4n) is 3.42. The van der Waals surface area contributed by atoms with E-state index in [1.54, 1.807) is 12.5 Å². The Kier molecular flexibility index (Phi) is 5.24. The van der Waals surface area contributed by atoms with Crippen LogP contribution in [0.1, 0.15) is 32.9 Å². The van der Waals surface area contributed by atoms with Crippen molar-refractivity contribution in [3.05, 3.63) is 101 Å². The summed E-state index contributed by atoms with van der Waals surface area (Å²) in [5.74, 6) is -0.107. The summed E-state index contributed by atoms with van der Waals surface area (Å²) >= 11 is 0. The average molecular weight is 385 g/mol. The van der Waals surface area contributed by atoms with Gasteiger partial charge in [-0.3, -0.25) is 4.79 Å². The summed E-state index contributed by atoms with van der Waals surface area (Å²) in [7, 11) is 0. The summed E-state index contributed by atoms with van der Waals surface area (Å²) in [6.07, 6.45) is 5.51. The quantitative estimate of drug-likeness (QED) is 0.551. The van der Waals surface area contributed by atoms with E-state index < -0.39 is 0 Å². The number of imidazole rings is 1. The second-order valence-electron chi connectivity index (χ2n) is 7.03. The van der Waals surface area contributed by atoms with E-state index in [0.29, 0.717) is 12.1 Å². The molecule has 0 bridgehead atoms. The number of rotatable bonds is 6. The maximum Gasteiger partial charge on any atom is 0.255 e. The molecule has 4 rings (SSSR count). The molecule has 0 saturated heterocycles. The zero-order chi connectivity index (χ0) is 20.2. The van der Waals surface area contributed by atoms with Gasteiger partial charge in [-0.15, -0.1) is 0 Å². The van der Waals surface area contributed by atoms with E-state index in [9.17, 15) is 4.79 Å². The molecule has 0 radical (unpaired) electrons. The second-order valence-corrected chi connectivity index (χ2v) is 7.03. The monoisotopic (exact) mass is 385 g/mol. The topological polar surface area (TPSA) is 64.7 Å². The van der Waals surface area contributed by atoms with Crippen molar-refractivity contribution in [3.63, 3.8) is 0 Å². The molecule has 0 fully saturated rings. The molecular weight excluding hydrogens is 362 g/mol. The first-order valence-corrected chi connectivity index (χ1v) is 9.55. The lowest BCUT2D eigenvalue weighted by Crippen LogP contribution is -2.24. The molecule has 6 nitrogen and oxygen atoms in total. The molecule has 146 valence electrons. The molecule has 1 N–H and O–H groups in total. The number of carbonyl (C=O) groups is 1. The van der Waals surface area contributed by atoms with Crippen LogP contribution in [-0.4, -0.2) is 25.2 Å². The Hall–Kier alpha value is -3.67. The number of hydrogen-bond acceptors (Lipinski definition) is 3. The van der Waals surface area contributed by atoms with E-state index in [1.807, 2.05) is 71.8 Å². The predicted molar refractivity (Wildman–Crippen MR) is 112 cm³/mol. The summed E-state index contributed by atoms with van der Waals surface area (Å²) in [4.78, 5) is 16.9. The van der Waals surface area contributed by atoms with Gasteiger partial charge in [-0.05, 0) is 37.1 Å². The molecule has 0 aliphatic rings. The van der Waals surface area contributed by atoms with Crippen molar-refractivity contribution < 1.29 is 4.79 Å². The van der Waals surface area contributed by atoms with Crippen LogP contribution >= 0.6 is 0 Å². The van der Waals surface area contributed by atoms with Crippen LogP contribution in [0.4, 0.5) is 0 Å². The van der Waals surface area contributed by atoms with Crippen LogP contribution in [0.15, 0.2) is 73.3 Å². The van der Waals surface area contributed by atoms with Gasteiger partial charge < -0.3 is 9.88 Å². The Morgan fingerprint density at radius 3 is 2.41 bits per heavy atom. The van der Waals surface area contributed by atoms with Crippen molar-refractivity contribution in [2.45, 2.75) is 26.9 Å². The summed E-state index contributed by atoms with van der Waals surface area (Å²) < 4.78 is 3.84. The SMILES string of the molecule is Cc1nn(-c2ccccc2)c(C)c1C(=O)NCc1ccc(Cn2ccnc2)cc1. The molecule has 2 aromatic heterocycles. The van der Waals surface area contributed by atoms with Crippen LogP contribution < -0.4 is 5.32 Å². The minimum Gasteiger partial charge on any atom is -0.348 e. The Morgan fingerprint density at radius 2 is 1.72 bits per heavy atom. The van der Waals surface area contributed by atoms with Gasteiger partial charge in [0.1, 0.15) is 0 Å². The summed E-state index contributed by atoms with van der Waals surface area (Å²) in [6.45, 7) is 5.04. The lowest BCUT2D eigenvalue weighted by molar-refractivity contribution is 0.0949. The first kappa shape index (κ1) is 18.7. The molecule has 2 heterocycles. The molecule has 0 atom stereocenters. The molecule has 0 saturated carbocycles. The van der Waals surface area contributed by atoms with Crippen molar-refractivity contribution in [1.29, 1.82) is 0 Å². The van der Waals surface area contributed by atoms with Gasteiger partial charge in [0, 0.05) is 25.5 Å². The highest BCUT2D eigenvalue weighted by molar-refractivity contribution is 5.96. The van der Waals surface area contributed by atoms with E-state index >= 15 is 0 Å². The Labute approximate surface area is 169 Å². The lowest BCUT2D eigenvalue weighted by Gasteiger charge is -2.08. The number of aryl methyl sites for hydroxylation is 1. The van der Waals surface area contributed by atoms with Crippen molar-refractivity contribution in [2.75, 3.05) is 0 Å². The summed E-state index contributed by atoms with van der Waals surface area (Å²) in [6, 6.07) is 18.1. The third-order valence-corrected chi connectivity index (χ3v) is 4.92. The van der Waals surface area contributed by atoms with E-state index in [0.717, 1.165) is 29.2 Å². The van der Waals surface area contributed by atoms with Crippen LogP contribution in [0.3, 0.4) is 0 Å². The number of aromatic nitrogens is 4. The number of para-hydroxylation sites is 1. The number of benzene rings is 2. The van der Waals surface area contributed by atoms with Gasteiger partial charge in [0.05, 0.1) is 29.0 Å². The molecule has 29 heavy (non-hydrogen) atoms. The van der Waals surface area contributed by atoms with Gasteiger partial charge in [-0.1, -0.05) is 42.5 Å². The van der Waals surface area contributed by atoms with E-state index in [-0.39, 0.29) is 5.91 Å². The van der Waals surface area contributed by atoms with Gasteiger partial charge in [0.15, 0.2) is 0 Å². The highest BCUT2D eigenvalue weighted by Gasteiger charge is 2.19.